The van der Waals surface area contributed by atoms with Gasteiger partial charge in [-0.05, 0) is 61.1 Å². The fraction of sp³-hybridized carbons (Fsp3) is 0.692. The monoisotopic (exact) mass is 414 g/mol. The summed E-state index contributed by atoms with van der Waals surface area (Å²) in [6.07, 6.45) is 4.08. The van der Waals surface area contributed by atoms with Gasteiger partial charge in [0.05, 0.1) is 3.57 Å². The van der Waals surface area contributed by atoms with E-state index in [-0.39, 0.29) is 0 Å². The normalized spacial score (nSPS) is 27.5. The van der Waals surface area contributed by atoms with Crippen LogP contribution in [-0.2, 0) is 10.3 Å². The Balaban J connectivity index is 2.39. The lowest BCUT2D eigenvalue weighted by molar-refractivity contribution is -0.0837. The molecule has 0 radical (unpaired) electrons. The van der Waals surface area contributed by atoms with Crippen molar-refractivity contribution in [1.82, 2.24) is 9.97 Å². The third-order valence-electron chi connectivity index (χ3n) is 3.68. The Kier molecular flexibility index (Phi) is 5.31. The molecular formula is C13H17Cl2IN2O. The molecule has 0 amide bonds. The van der Waals surface area contributed by atoms with Crippen LogP contribution in [-0.4, -0.2) is 16.6 Å². The smallest absolute Gasteiger partial charge is 0.163 e. The first-order chi connectivity index (χ1) is 8.98. The van der Waals surface area contributed by atoms with Gasteiger partial charge in [-0.25, -0.2) is 9.97 Å². The van der Waals surface area contributed by atoms with Gasteiger partial charge in [0, 0.05) is 6.61 Å². The maximum absolute atomic E-state index is 6.13. The molecule has 1 saturated carbocycles. The number of hydrogen-bond donors (Lipinski definition) is 0. The van der Waals surface area contributed by atoms with Crippen molar-refractivity contribution in [3.8, 4) is 0 Å². The summed E-state index contributed by atoms with van der Waals surface area (Å²) in [5, 5.41) is 0.821. The lowest BCUT2D eigenvalue weighted by atomic mass is 9.79. The molecule has 1 fully saturated rings. The molecule has 0 saturated heterocycles. The average Bonchev–Trinajstić information content (AvgIpc) is 2.38. The van der Waals surface area contributed by atoms with Crippen LogP contribution in [0.25, 0.3) is 0 Å². The second-order valence-electron chi connectivity index (χ2n) is 5.05. The van der Waals surface area contributed by atoms with Crippen LogP contribution in [0.4, 0.5) is 0 Å². The SMILES string of the molecule is CCOC1(c2nc(Cl)c(I)c(Cl)n2)CCC(C)CC1. The van der Waals surface area contributed by atoms with Crippen molar-refractivity contribution in [1.29, 1.82) is 0 Å². The standard InChI is InChI=1S/C13H17Cl2IN2O/c1-3-19-13(6-4-8(2)5-7-13)12-17-10(14)9(16)11(15)18-12/h8H,3-7H2,1-2H3. The molecule has 0 spiro atoms. The zero-order chi connectivity index (χ0) is 14.0. The molecule has 1 aromatic rings. The first-order valence-corrected chi connectivity index (χ1v) is 8.35. The molecule has 3 nitrogen and oxygen atoms in total. The van der Waals surface area contributed by atoms with Gasteiger partial charge in [-0.1, -0.05) is 30.1 Å². The third kappa shape index (κ3) is 3.34. The van der Waals surface area contributed by atoms with Gasteiger partial charge in [0.2, 0.25) is 0 Å². The van der Waals surface area contributed by atoms with E-state index in [4.69, 9.17) is 27.9 Å². The van der Waals surface area contributed by atoms with E-state index in [1.807, 2.05) is 6.92 Å². The summed E-state index contributed by atoms with van der Waals surface area (Å²) in [7, 11) is 0. The van der Waals surface area contributed by atoms with E-state index in [1.54, 1.807) is 0 Å². The van der Waals surface area contributed by atoms with Gasteiger partial charge in [0.1, 0.15) is 15.9 Å². The number of nitrogens with zero attached hydrogens (tertiary/aromatic N) is 2. The van der Waals surface area contributed by atoms with Crippen molar-refractivity contribution in [2.24, 2.45) is 5.92 Å². The van der Waals surface area contributed by atoms with Crippen LogP contribution in [0.2, 0.25) is 10.3 Å². The Morgan fingerprint density at radius 1 is 1.26 bits per heavy atom. The van der Waals surface area contributed by atoms with E-state index >= 15 is 0 Å². The van der Waals surface area contributed by atoms with Gasteiger partial charge in [-0.3, -0.25) is 0 Å². The number of aromatic nitrogens is 2. The molecule has 0 aliphatic heterocycles. The van der Waals surface area contributed by atoms with Gasteiger partial charge < -0.3 is 4.74 Å². The number of halogens is 3. The fourth-order valence-electron chi connectivity index (χ4n) is 2.54. The molecule has 0 aromatic carbocycles. The minimum Gasteiger partial charge on any atom is -0.367 e. The highest BCUT2D eigenvalue weighted by Gasteiger charge is 2.40. The van der Waals surface area contributed by atoms with Crippen molar-refractivity contribution in [3.05, 3.63) is 19.7 Å². The van der Waals surface area contributed by atoms with Crippen molar-refractivity contribution in [2.75, 3.05) is 6.61 Å². The van der Waals surface area contributed by atoms with E-state index in [2.05, 4.69) is 39.5 Å². The first kappa shape index (κ1) is 15.7. The minimum absolute atomic E-state index is 0.410. The summed E-state index contributed by atoms with van der Waals surface area (Å²) >= 11 is 14.3. The average molecular weight is 415 g/mol. The zero-order valence-corrected chi connectivity index (χ0v) is 14.7. The second-order valence-corrected chi connectivity index (χ2v) is 6.85. The predicted molar refractivity (Wildman–Crippen MR) is 85.7 cm³/mol. The second kappa shape index (κ2) is 6.41. The summed E-state index contributed by atoms with van der Waals surface area (Å²) in [6.45, 7) is 4.90. The summed E-state index contributed by atoms with van der Waals surface area (Å²) in [6, 6.07) is 0. The van der Waals surface area contributed by atoms with Gasteiger partial charge >= 0.3 is 0 Å². The quantitative estimate of drug-likeness (QED) is 0.524. The van der Waals surface area contributed by atoms with E-state index < -0.39 is 5.60 Å². The summed E-state index contributed by atoms with van der Waals surface area (Å²) in [5.74, 6) is 1.36. The molecule has 1 aromatic heterocycles. The molecular weight excluding hydrogens is 398 g/mol. The number of rotatable bonds is 3. The van der Waals surface area contributed by atoms with Crippen LogP contribution in [0.15, 0.2) is 0 Å². The lowest BCUT2D eigenvalue weighted by Gasteiger charge is -2.37. The van der Waals surface area contributed by atoms with Crippen molar-refractivity contribution in [3.63, 3.8) is 0 Å². The van der Waals surface area contributed by atoms with E-state index in [1.165, 1.54) is 0 Å². The van der Waals surface area contributed by atoms with Crippen LogP contribution in [0.1, 0.15) is 45.4 Å². The van der Waals surface area contributed by atoms with E-state index in [0.29, 0.717) is 26.3 Å². The molecule has 0 N–H and O–H groups in total. The molecule has 0 bridgehead atoms. The third-order valence-corrected chi connectivity index (χ3v) is 5.89. The Hall–Kier alpha value is 0.350. The molecule has 19 heavy (non-hydrogen) atoms. The number of hydrogen-bond acceptors (Lipinski definition) is 3. The highest BCUT2D eigenvalue weighted by molar-refractivity contribution is 14.1. The maximum atomic E-state index is 6.13. The van der Waals surface area contributed by atoms with Crippen molar-refractivity contribution >= 4 is 45.8 Å². The molecule has 6 heteroatoms. The molecule has 2 rings (SSSR count). The Morgan fingerprint density at radius 2 is 1.79 bits per heavy atom. The molecule has 1 aliphatic carbocycles. The van der Waals surface area contributed by atoms with Crippen LogP contribution in [0.3, 0.4) is 0 Å². The maximum Gasteiger partial charge on any atom is 0.163 e. The Bertz CT molecular complexity index is 439. The molecule has 1 aliphatic rings. The van der Waals surface area contributed by atoms with Crippen molar-refractivity contribution < 1.29 is 4.74 Å². The first-order valence-electron chi connectivity index (χ1n) is 6.51. The van der Waals surface area contributed by atoms with Crippen LogP contribution >= 0.6 is 45.8 Å². The van der Waals surface area contributed by atoms with Gasteiger partial charge in [0.25, 0.3) is 0 Å². The summed E-state index contributed by atoms with van der Waals surface area (Å²) in [5.41, 5.74) is -0.418. The van der Waals surface area contributed by atoms with E-state index in [0.717, 1.165) is 31.6 Å². The van der Waals surface area contributed by atoms with Gasteiger partial charge in [-0.2, -0.15) is 0 Å². The summed E-state index contributed by atoms with van der Waals surface area (Å²) in [4.78, 5) is 8.82. The predicted octanol–water partition coefficient (Wildman–Crippen LogP) is 4.83. The largest absolute Gasteiger partial charge is 0.367 e. The molecule has 106 valence electrons. The highest BCUT2D eigenvalue weighted by atomic mass is 127. The van der Waals surface area contributed by atoms with Gasteiger partial charge in [0.15, 0.2) is 5.82 Å². The van der Waals surface area contributed by atoms with Crippen molar-refractivity contribution in [2.45, 2.75) is 45.1 Å². The Labute approximate surface area is 137 Å². The fourth-order valence-corrected chi connectivity index (χ4v) is 3.16. The molecule has 0 atom stereocenters. The lowest BCUT2D eigenvalue weighted by Crippen LogP contribution is -2.36. The van der Waals surface area contributed by atoms with Gasteiger partial charge in [-0.15, -0.1) is 0 Å². The molecule has 0 unspecified atom stereocenters. The minimum atomic E-state index is -0.418. The van der Waals surface area contributed by atoms with Crippen LogP contribution < -0.4 is 0 Å². The molecule has 1 heterocycles. The summed E-state index contributed by atoms with van der Waals surface area (Å²) < 4.78 is 6.70. The topological polar surface area (TPSA) is 35.0 Å². The number of ether oxygens (including phenoxy) is 1. The Morgan fingerprint density at radius 3 is 2.26 bits per heavy atom. The van der Waals surface area contributed by atoms with Crippen LogP contribution in [0, 0.1) is 9.49 Å². The zero-order valence-electron chi connectivity index (χ0n) is 11.0. The highest BCUT2D eigenvalue weighted by Crippen LogP contribution is 2.42. The van der Waals surface area contributed by atoms with Crippen LogP contribution in [0.5, 0.6) is 0 Å². The van der Waals surface area contributed by atoms with E-state index in [9.17, 15) is 0 Å².